The highest BCUT2D eigenvalue weighted by molar-refractivity contribution is 5.87. The van der Waals surface area contributed by atoms with Crippen LogP contribution in [0.25, 0.3) is 6.08 Å². The number of methoxy groups -OCH3 is 1. The van der Waals surface area contributed by atoms with Crippen LogP contribution in [0.2, 0.25) is 0 Å². The van der Waals surface area contributed by atoms with E-state index in [0.717, 1.165) is 12.0 Å². The summed E-state index contributed by atoms with van der Waals surface area (Å²) in [6.45, 7) is 0.282. The molecule has 1 heterocycles. The molecule has 0 unspecified atom stereocenters. The first-order chi connectivity index (χ1) is 11.2. The second-order valence-electron chi connectivity index (χ2n) is 4.78. The van der Waals surface area contributed by atoms with Crippen LogP contribution in [0.1, 0.15) is 16.8 Å². The number of pyridine rings is 1. The van der Waals surface area contributed by atoms with Crippen LogP contribution in [0.15, 0.2) is 48.7 Å². The lowest BCUT2D eigenvalue weighted by molar-refractivity contribution is -0.134. The van der Waals surface area contributed by atoms with Crippen LogP contribution >= 0.6 is 0 Å². The van der Waals surface area contributed by atoms with Crippen LogP contribution < -0.4 is 4.74 Å². The van der Waals surface area contributed by atoms with Gasteiger partial charge in [-0.05, 0) is 17.7 Å². The highest BCUT2D eigenvalue weighted by Gasteiger charge is 2.09. The zero-order valence-electron chi connectivity index (χ0n) is 12.9. The summed E-state index contributed by atoms with van der Waals surface area (Å²) < 4.78 is 10.4. The molecule has 0 saturated heterocycles. The Bertz CT molecular complexity index is 668. The van der Waals surface area contributed by atoms with E-state index in [9.17, 15) is 9.90 Å². The van der Waals surface area contributed by atoms with Crippen molar-refractivity contribution in [3.05, 3.63) is 65.5 Å². The number of hydrogen-bond donors (Lipinski definition) is 1. The molecule has 120 valence electrons. The standard InChI is InChI=1S/C18H19NO4/c1-22-17(21)8-7-16-18(15(13-20)9-11-19-16)23-12-10-14-5-3-2-4-6-14/h2-9,11,20H,10,12-13H2,1H3. The van der Waals surface area contributed by atoms with Crippen LogP contribution in [-0.4, -0.2) is 29.8 Å². The Labute approximate surface area is 135 Å². The molecule has 0 fully saturated rings. The number of benzene rings is 1. The van der Waals surface area contributed by atoms with Crippen molar-refractivity contribution in [2.75, 3.05) is 13.7 Å². The molecule has 2 aromatic rings. The number of aliphatic hydroxyl groups is 1. The van der Waals surface area contributed by atoms with Gasteiger partial charge in [-0.1, -0.05) is 30.3 Å². The van der Waals surface area contributed by atoms with E-state index in [1.165, 1.54) is 19.3 Å². The molecule has 0 aliphatic heterocycles. The van der Waals surface area contributed by atoms with Crippen LogP contribution in [0.5, 0.6) is 5.75 Å². The molecule has 5 heteroatoms. The Morgan fingerprint density at radius 3 is 2.74 bits per heavy atom. The maximum absolute atomic E-state index is 11.2. The van der Waals surface area contributed by atoms with Crippen LogP contribution in [-0.2, 0) is 22.6 Å². The summed E-state index contributed by atoms with van der Waals surface area (Å²) >= 11 is 0. The molecule has 0 spiro atoms. The summed E-state index contributed by atoms with van der Waals surface area (Å²) in [5.41, 5.74) is 2.26. The van der Waals surface area contributed by atoms with Crippen molar-refractivity contribution in [3.63, 3.8) is 0 Å². The Morgan fingerprint density at radius 2 is 2.04 bits per heavy atom. The molecule has 0 bridgehead atoms. The van der Waals surface area contributed by atoms with Gasteiger partial charge in [-0.15, -0.1) is 0 Å². The minimum atomic E-state index is -0.476. The van der Waals surface area contributed by atoms with Crippen LogP contribution in [0.3, 0.4) is 0 Å². The average Bonchev–Trinajstić information content (AvgIpc) is 2.61. The molecule has 0 aliphatic carbocycles. The first kappa shape index (κ1) is 16.7. The van der Waals surface area contributed by atoms with Gasteiger partial charge in [-0.3, -0.25) is 4.98 Å². The SMILES string of the molecule is COC(=O)C=Cc1nccc(CO)c1OCCc1ccccc1. The van der Waals surface area contributed by atoms with Gasteiger partial charge in [-0.25, -0.2) is 4.79 Å². The Kier molecular flexibility index (Phi) is 6.32. The molecule has 1 N–H and O–H groups in total. The maximum Gasteiger partial charge on any atom is 0.330 e. The van der Waals surface area contributed by atoms with E-state index in [1.54, 1.807) is 12.3 Å². The van der Waals surface area contributed by atoms with Gasteiger partial charge in [-0.2, -0.15) is 0 Å². The van der Waals surface area contributed by atoms with Gasteiger partial charge < -0.3 is 14.6 Å². The van der Waals surface area contributed by atoms with Crippen molar-refractivity contribution in [2.24, 2.45) is 0 Å². The predicted molar refractivity (Wildman–Crippen MR) is 86.9 cm³/mol. The Morgan fingerprint density at radius 1 is 1.26 bits per heavy atom. The van der Waals surface area contributed by atoms with Crippen molar-refractivity contribution >= 4 is 12.0 Å². The monoisotopic (exact) mass is 313 g/mol. The number of aliphatic hydroxyl groups excluding tert-OH is 1. The quantitative estimate of drug-likeness (QED) is 0.628. The first-order valence-electron chi connectivity index (χ1n) is 7.26. The molecular weight excluding hydrogens is 294 g/mol. The van der Waals surface area contributed by atoms with Gasteiger partial charge in [0.15, 0.2) is 0 Å². The molecule has 0 radical (unpaired) electrons. The number of carbonyl (C=O) groups excluding carboxylic acids is 1. The molecular formula is C18H19NO4. The van der Waals surface area contributed by atoms with Gasteiger partial charge in [0.1, 0.15) is 11.4 Å². The van der Waals surface area contributed by atoms with E-state index >= 15 is 0 Å². The molecule has 2 rings (SSSR count). The lowest BCUT2D eigenvalue weighted by Crippen LogP contribution is -2.06. The fourth-order valence-corrected chi connectivity index (χ4v) is 2.05. The lowest BCUT2D eigenvalue weighted by atomic mass is 10.1. The van der Waals surface area contributed by atoms with Crippen molar-refractivity contribution < 1.29 is 19.4 Å². The number of rotatable bonds is 7. The summed E-state index contributed by atoms with van der Waals surface area (Å²) in [5, 5.41) is 9.46. The van der Waals surface area contributed by atoms with Gasteiger partial charge in [0.05, 0.1) is 20.3 Å². The highest BCUT2D eigenvalue weighted by Crippen LogP contribution is 2.24. The molecule has 0 amide bonds. The molecule has 0 saturated carbocycles. The number of carbonyl (C=O) groups is 1. The van der Waals surface area contributed by atoms with E-state index in [4.69, 9.17) is 4.74 Å². The molecule has 0 aliphatic rings. The van der Waals surface area contributed by atoms with E-state index in [0.29, 0.717) is 23.6 Å². The third-order valence-electron chi connectivity index (χ3n) is 3.24. The largest absolute Gasteiger partial charge is 0.491 e. The lowest BCUT2D eigenvalue weighted by Gasteiger charge is -2.12. The van der Waals surface area contributed by atoms with Crippen molar-refractivity contribution in [1.29, 1.82) is 0 Å². The number of ether oxygens (including phenoxy) is 2. The second kappa shape index (κ2) is 8.70. The Balaban J connectivity index is 2.11. The summed E-state index contributed by atoms with van der Waals surface area (Å²) in [6.07, 6.45) is 5.09. The summed E-state index contributed by atoms with van der Waals surface area (Å²) in [7, 11) is 1.31. The zero-order chi connectivity index (χ0) is 16.5. The second-order valence-corrected chi connectivity index (χ2v) is 4.78. The predicted octanol–water partition coefficient (Wildman–Crippen LogP) is 2.38. The number of nitrogens with zero attached hydrogens (tertiary/aromatic N) is 1. The highest BCUT2D eigenvalue weighted by atomic mass is 16.5. The van der Waals surface area contributed by atoms with Crippen LogP contribution in [0, 0.1) is 0 Å². The minimum absolute atomic E-state index is 0.164. The van der Waals surface area contributed by atoms with Crippen molar-refractivity contribution in [3.8, 4) is 5.75 Å². The molecule has 5 nitrogen and oxygen atoms in total. The minimum Gasteiger partial charge on any atom is -0.491 e. The van der Waals surface area contributed by atoms with Crippen LogP contribution in [0.4, 0.5) is 0 Å². The number of esters is 1. The summed E-state index contributed by atoms with van der Waals surface area (Å²) in [5.74, 6) is 0.00233. The zero-order valence-corrected chi connectivity index (χ0v) is 12.9. The van der Waals surface area contributed by atoms with E-state index in [-0.39, 0.29) is 6.61 Å². The number of hydrogen-bond acceptors (Lipinski definition) is 5. The molecule has 1 aromatic carbocycles. The number of aromatic nitrogens is 1. The summed E-state index contributed by atoms with van der Waals surface area (Å²) in [6, 6.07) is 11.7. The summed E-state index contributed by atoms with van der Waals surface area (Å²) in [4.78, 5) is 15.4. The van der Waals surface area contributed by atoms with E-state index in [1.807, 2.05) is 30.3 Å². The van der Waals surface area contributed by atoms with Crippen molar-refractivity contribution in [2.45, 2.75) is 13.0 Å². The first-order valence-corrected chi connectivity index (χ1v) is 7.26. The van der Waals surface area contributed by atoms with Gasteiger partial charge in [0.25, 0.3) is 0 Å². The topological polar surface area (TPSA) is 68.7 Å². The fraction of sp³-hybridized carbons (Fsp3) is 0.222. The van der Waals surface area contributed by atoms with Crippen molar-refractivity contribution in [1.82, 2.24) is 4.98 Å². The fourth-order valence-electron chi connectivity index (χ4n) is 2.05. The molecule has 0 atom stereocenters. The van der Waals surface area contributed by atoms with E-state index in [2.05, 4.69) is 9.72 Å². The maximum atomic E-state index is 11.2. The van der Waals surface area contributed by atoms with Gasteiger partial charge >= 0.3 is 5.97 Å². The smallest absolute Gasteiger partial charge is 0.330 e. The van der Waals surface area contributed by atoms with Gasteiger partial charge in [0.2, 0.25) is 0 Å². The Hall–Kier alpha value is -2.66. The average molecular weight is 313 g/mol. The van der Waals surface area contributed by atoms with Gasteiger partial charge in [0, 0.05) is 24.3 Å². The molecule has 23 heavy (non-hydrogen) atoms. The molecule has 1 aromatic heterocycles. The normalized spacial score (nSPS) is 10.7. The third-order valence-corrected chi connectivity index (χ3v) is 3.24. The van der Waals surface area contributed by atoms with E-state index < -0.39 is 5.97 Å². The third kappa shape index (κ3) is 4.93.